The quantitative estimate of drug-likeness (QED) is 0.751. The predicted octanol–water partition coefficient (Wildman–Crippen LogP) is 1.69. The molecule has 1 N–H and O–H groups in total. The molecule has 0 aliphatic heterocycles. The number of carbonyl (C=O) groups excluding carboxylic acids is 1. The van der Waals surface area contributed by atoms with Gasteiger partial charge in [0.05, 0.1) is 12.0 Å². The molecule has 15 heavy (non-hydrogen) atoms. The molecule has 3 nitrogen and oxygen atoms in total. The molecule has 2 aliphatic rings. The fraction of sp³-hybridized carbons (Fsp3) is 0.909. The molecule has 4 atom stereocenters. The zero-order valence-electron chi connectivity index (χ0n) is 9.04. The van der Waals surface area contributed by atoms with Gasteiger partial charge >= 0.3 is 0 Å². The van der Waals surface area contributed by atoms with E-state index in [9.17, 15) is 4.79 Å². The summed E-state index contributed by atoms with van der Waals surface area (Å²) < 4.78 is 5.12. The first-order chi connectivity index (χ1) is 7.20. The molecule has 0 bridgehead atoms. The number of amides is 1. The number of nitrogens with one attached hydrogen (secondary N) is 1. The second-order valence-electron chi connectivity index (χ2n) is 4.59. The zero-order valence-corrected chi connectivity index (χ0v) is 9.80. The zero-order chi connectivity index (χ0) is 10.8. The van der Waals surface area contributed by atoms with Crippen molar-refractivity contribution in [2.75, 3.05) is 7.11 Å². The molecule has 2 fully saturated rings. The van der Waals surface area contributed by atoms with Crippen LogP contribution in [0.25, 0.3) is 0 Å². The molecule has 0 spiro atoms. The van der Waals surface area contributed by atoms with E-state index in [4.69, 9.17) is 16.3 Å². The Kier molecular flexibility index (Phi) is 3.52. The average Bonchev–Trinajstić information content (AvgIpc) is 2.96. The minimum Gasteiger partial charge on any atom is -0.381 e. The van der Waals surface area contributed by atoms with Crippen LogP contribution in [0.15, 0.2) is 0 Å². The molecule has 0 saturated heterocycles. The summed E-state index contributed by atoms with van der Waals surface area (Å²) in [6.07, 6.45) is 5.21. The third kappa shape index (κ3) is 2.85. The van der Waals surface area contributed by atoms with E-state index in [1.807, 2.05) is 0 Å². The number of ether oxygens (including phenoxy) is 1. The van der Waals surface area contributed by atoms with Gasteiger partial charge in [0.2, 0.25) is 5.91 Å². The van der Waals surface area contributed by atoms with Crippen molar-refractivity contribution in [1.29, 1.82) is 0 Å². The molecule has 4 heteroatoms. The van der Waals surface area contributed by atoms with Gasteiger partial charge in [-0.05, 0) is 32.1 Å². The molecule has 2 aliphatic carbocycles. The van der Waals surface area contributed by atoms with Gasteiger partial charge in [0.15, 0.2) is 0 Å². The number of carbonyl (C=O) groups is 1. The summed E-state index contributed by atoms with van der Waals surface area (Å²) in [6, 6.07) is 0.284. The topological polar surface area (TPSA) is 38.3 Å². The number of rotatable bonds is 3. The average molecular weight is 232 g/mol. The van der Waals surface area contributed by atoms with Crippen molar-refractivity contribution in [2.24, 2.45) is 5.92 Å². The minimum absolute atomic E-state index is 0.0886. The maximum Gasteiger partial charge on any atom is 0.226 e. The summed E-state index contributed by atoms with van der Waals surface area (Å²) in [5.74, 6) is 0.239. The first-order valence-electron chi connectivity index (χ1n) is 5.68. The van der Waals surface area contributed by atoms with Gasteiger partial charge in [0.1, 0.15) is 0 Å². The number of alkyl halides is 1. The lowest BCUT2D eigenvalue weighted by molar-refractivity contribution is -0.124. The van der Waals surface area contributed by atoms with Crippen molar-refractivity contribution >= 4 is 17.5 Å². The van der Waals surface area contributed by atoms with E-state index in [0.29, 0.717) is 0 Å². The lowest BCUT2D eigenvalue weighted by atomic mass is 9.95. The molecule has 0 aromatic heterocycles. The van der Waals surface area contributed by atoms with Gasteiger partial charge in [0, 0.05) is 18.5 Å². The molecule has 1 amide bonds. The minimum atomic E-state index is 0.0886. The third-order valence-corrected chi connectivity index (χ3v) is 3.72. The molecule has 2 rings (SSSR count). The maximum absolute atomic E-state index is 11.7. The normalized spacial score (nSPS) is 39.9. The van der Waals surface area contributed by atoms with Crippen molar-refractivity contribution in [3.8, 4) is 0 Å². The Morgan fingerprint density at radius 3 is 2.80 bits per heavy atom. The molecule has 0 heterocycles. The smallest absolute Gasteiger partial charge is 0.226 e. The monoisotopic (exact) mass is 231 g/mol. The van der Waals surface area contributed by atoms with Crippen molar-refractivity contribution in [3.05, 3.63) is 0 Å². The van der Waals surface area contributed by atoms with Gasteiger partial charge in [-0.25, -0.2) is 0 Å². The Hall–Kier alpha value is -0.280. The Morgan fingerprint density at radius 2 is 2.20 bits per heavy atom. The second-order valence-corrected chi connectivity index (χ2v) is 5.20. The summed E-state index contributed by atoms with van der Waals surface area (Å²) >= 11 is 6.07. The van der Waals surface area contributed by atoms with Crippen molar-refractivity contribution in [3.63, 3.8) is 0 Å². The van der Waals surface area contributed by atoms with Crippen molar-refractivity contribution in [2.45, 2.75) is 49.6 Å². The van der Waals surface area contributed by atoms with E-state index in [0.717, 1.165) is 32.1 Å². The fourth-order valence-electron chi connectivity index (χ4n) is 2.28. The predicted molar refractivity (Wildman–Crippen MR) is 58.9 cm³/mol. The van der Waals surface area contributed by atoms with Crippen molar-refractivity contribution in [1.82, 2.24) is 5.32 Å². The largest absolute Gasteiger partial charge is 0.381 e. The van der Waals surface area contributed by atoms with E-state index in [1.165, 1.54) is 0 Å². The number of methoxy groups -OCH3 is 1. The summed E-state index contributed by atoms with van der Waals surface area (Å²) in [7, 11) is 1.66. The number of halogens is 1. The van der Waals surface area contributed by atoms with Crippen LogP contribution < -0.4 is 5.32 Å². The number of hydrogen-bond acceptors (Lipinski definition) is 2. The summed E-state index contributed by atoms with van der Waals surface area (Å²) in [4.78, 5) is 11.7. The van der Waals surface area contributed by atoms with E-state index < -0.39 is 0 Å². The molecule has 0 radical (unpaired) electrons. The standard InChI is InChI=1S/C11H18ClNO2/c1-15-10-6-9(10)11(14)13-8-4-2-3-7(12)5-8/h7-10H,2-6H2,1H3,(H,13,14). The van der Waals surface area contributed by atoms with E-state index >= 15 is 0 Å². The highest BCUT2D eigenvalue weighted by atomic mass is 35.5. The SMILES string of the molecule is COC1CC1C(=O)NC1CCCC(Cl)C1. The van der Waals surface area contributed by atoms with Gasteiger partial charge in [-0.15, -0.1) is 11.6 Å². The summed E-state index contributed by atoms with van der Waals surface area (Å²) in [5, 5.41) is 3.31. The number of hydrogen-bond donors (Lipinski definition) is 1. The van der Waals surface area contributed by atoms with E-state index in [2.05, 4.69) is 5.32 Å². The highest BCUT2D eigenvalue weighted by Gasteiger charge is 2.44. The van der Waals surface area contributed by atoms with Crippen LogP contribution in [0.4, 0.5) is 0 Å². The highest BCUT2D eigenvalue weighted by Crippen LogP contribution is 2.33. The van der Waals surface area contributed by atoms with Crippen molar-refractivity contribution < 1.29 is 9.53 Å². The van der Waals surface area contributed by atoms with E-state index in [1.54, 1.807) is 7.11 Å². The Morgan fingerprint density at radius 1 is 1.40 bits per heavy atom. The lowest BCUT2D eigenvalue weighted by Crippen LogP contribution is -2.40. The maximum atomic E-state index is 11.7. The Balaban J connectivity index is 1.74. The van der Waals surface area contributed by atoms with Gasteiger partial charge in [-0.3, -0.25) is 4.79 Å². The van der Waals surface area contributed by atoms with Crippen LogP contribution in [0.2, 0.25) is 0 Å². The molecule has 86 valence electrons. The Bertz CT molecular complexity index is 247. The van der Waals surface area contributed by atoms with Gasteiger partial charge in [-0.1, -0.05) is 0 Å². The molecule has 2 saturated carbocycles. The molecular formula is C11H18ClNO2. The van der Waals surface area contributed by atoms with E-state index in [-0.39, 0.29) is 29.3 Å². The second kappa shape index (κ2) is 4.71. The highest BCUT2D eigenvalue weighted by molar-refractivity contribution is 6.20. The lowest BCUT2D eigenvalue weighted by Gasteiger charge is -2.26. The Labute approximate surface area is 95.5 Å². The molecular weight excluding hydrogens is 214 g/mol. The van der Waals surface area contributed by atoms with Gasteiger partial charge in [0.25, 0.3) is 0 Å². The first-order valence-corrected chi connectivity index (χ1v) is 6.11. The molecule has 4 unspecified atom stereocenters. The van der Waals surface area contributed by atoms with Gasteiger partial charge < -0.3 is 10.1 Å². The summed E-state index contributed by atoms with van der Waals surface area (Å²) in [5.41, 5.74) is 0. The van der Waals surface area contributed by atoms with Crippen LogP contribution in [-0.2, 0) is 9.53 Å². The molecule has 0 aromatic carbocycles. The van der Waals surface area contributed by atoms with Crippen LogP contribution in [-0.4, -0.2) is 30.5 Å². The van der Waals surface area contributed by atoms with Crippen LogP contribution in [0, 0.1) is 5.92 Å². The first kappa shape index (κ1) is 11.2. The molecule has 0 aromatic rings. The van der Waals surface area contributed by atoms with Crippen LogP contribution in [0.3, 0.4) is 0 Å². The van der Waals surface area contributed by atoms with Crippen LogP contribution in [0.5, 0.6) is 0 Å². The third-order valence-electron chi connectivity index (χ3n) is 3.33. The van der Waals surface area contributed by atoms with Crippen LogP contribution in [0.1, 0.15) is 32.1 Å². The van der Waals surface area contributed by atoms with Gasteiger partial charge in [-0.2, -0.15) is 0 Å². The summed E-state index contributed by atoms with van der Waals surface area (Å²) in [6.45, 7) is 0. The van der Waals surface area contributed by atoms with Crippen LogP contribution >= 0.6 is 11.6 Å². The fourth-order valence-corrected chi connectivity index (χ4v) is 2.65.